The number of amides is 1. The van der Waals surface area contributed by atoms with Gasteiger partial charge >= 0.3 is 0 Å². The highest BCUT2D eigenvalue weighted by atomic mass is 16.2. The maximum absolute atomic E-state index is 12.3. The fourth-order valence-corrected chi connectivity index (χ4v) is 2.55. The van der Waals surface area contributed by atoms with Gasteiger partial charge in [0.15, 0.2) is 0 Å². The minimum absolute atomic E-state index is 0.141. The van der Waals surface area contributed by atoms with Gasteiger partial charge in [0.25, 0.3) is 5.91 Å². The predicted octanol–water partition coefficient (Wildman–Crippen LogP) is 2.20. The van der Waals surface area contributed by atoms with E-state index in [-0.39, 0.29) is 5.91 Å². The highest BCUT2D eigenvalue weighted by molar-refractivity contribution is 5.97. The Bertz CT molecular complexity index is 582. The van der Waals surface area contributed by atoms with Crippen LogP contribution in [0, 0.1) is 0 Å². The van der Waals surface area contributed by atoms with Crippen LogP contribution in [0.1, 0.15) is 29.6 Å². The first-order valence-corrected chi connectivity index (χ1v) is 6.46. The van der Waals surface area contributed by atoms with Gasteiger partial charge in [-0.3, -0.25) is 4.79 Å². The van der Waals surface area contributed by atoms with Gasteiger partial charge in [0.05, 0.1) is 17.4 Å². The molecule has 1 aromatic carbocycles. The lowest BCUT2D eigenvalue weighted by Crippen LogP contribution is -2.35. The van der Waals surface area contributed by atoms with Gasteiger partial charge in [-0.2, -0.15) is 0 Å². The molecule has 18 heavy (non-hydrogen) atoms. The van der Waals surface area contributed by atoms with Crippen LogP contribution in [0.15, 0.2) is 24.5 Å². The van der Waals surface area contributed by atoms with Gasteiger partial charge in [-0.25, -0.2) is 4.98 Å². The van der Waals surface area contributed by atoms with Crippen LogP contribution in [0.2, 0.25) is 0 Å². The minimum Gasteiger partial charge on any atom is -0.339 e. The van der Waals surface area contributed by atoms with Crippen LogP contribution < -0.4 is 0 Å². The van der Waals surface area contributed by atoms with Crippen molar-refractivity contribution in [1.82, 2.24) is 14.5 Å². The first-order chi connectivity index (χ1) is 8.75. The Morgan fingerprint density at radius 1 is 1.22 bits per heavy atom. The number of piperidine rings is 1. The smallest absolute Gasteiger partial charge is 0.253 e. The van der Waals surface area contributed by atoms with E-state index in [2.05, 4.69) is 4.98 Å². The maximum Gasteiger partial charge on any atom is 0.253 e. The van der Waals surface area contributed by atoms with Crippen LogP contribution in [-0.4, -0.2) is 33.4 Å². The average molecular weight is 243 g/mol. The van der Waals surface area contributed by atoms with Gasteiger partial charge < -0.3 is 9.47 Å². The normalized spacial score (nSPS) is 16.2. The van der Waals surface area contributed by atoms with Crippen molar-refractivity contribution in [2.75, 3.05) is 13.1 Å². The van der Waals surface area contributed by atoms with Crippen molar-refractivity contribution >= 4 is 16.9 Å². The molecule has 1 saturated heterocycles. The zero-order valence-electron chi connectivity index (χ0n) is 10.6. The van der Waals surface area contributed by atoms with E-state index in [1.165, 1.54) is 6.42 Å². The van der Waals surface area contributed by atoms with Gasteiger partial charge in [0.1, 0.15) is 0 Å². The van der Waals surface area contributed by atoms with Crippen LogP contribution in [-0.2, 0) is 7.05 Å². The second-order valence-electron chi connectivity index (χ2n) is 4.91. The summed E-state index contributed by atoms with van der Waals surface area (Å²) in [6.45, 7) is 1.78. The van der Waals surface area contributed by atoms with Gasteiger partial charge in [0.2, 0.25) is 0 Å². The topological polar surface area (TPSA) is 38.1 Å². The molecule has 0 atom stereocenters. The van der Waals surface area contributed by atoms with E-state index in [1.54, 1.807) is 6.33 Å². The molecule has 0 spiro atoms. The number of carbonyl (C=O) groups is 1. The van der Waals surface area contributed by atoms with Crippen molar-refractivity contribution in [2.24, 2.45) is 7.05 Å². The summed E-state index contributed by atoms with van der Waals surface area (Å²) in [7, 11) is 1.96. The summed E-state index contributed by atoms with van der Waals surface area (Å²) < 4.78 is 1.96. The molecular formula is C14H17N3O. The molecule has 0 aliphatic carbocycles. The van der Waals surface area contributed by atoms with E-state index < -0.39 is 0 Å². The summed E-state index contributed by atoms with van der Waals surface area (Å²) in [5.41, 5.74) is 2.70. The third-order valence-electron chi connectivity index (χ3n) is 3.62. The zero-order chi connectivity index (χ0) is 12.5. The molecule has 0 radical (unpaired) electrons. The van der Waals surface area contributed by atoms with Gasteiger partial charge in [-0.05, 0) is 37.5 Å². The van der Waals surface area contributed by atoms with E-state index in [0.717, 1.165) is 42.5 Å². The lowest BCUT2D eigenvalue weighted by molar-refractivity contribution is 0.0724. The molecule has 0 saturated carbocycles. The third kappa shape index (κ3) is 1.88. The molecule has 2 heterocycles. The Labute approximate surface area is 106 Å². The molecule has 3 rings (SSSR count). The fourth-order valence-electron chi connectivity index (χ4n) is 2.55. The van der Waals surface area contributed by atoms with Crippen molar-refractivity contribution in [3.05, 3.63) is 30.1 Å². The van der Waals surface area contributed by atoms with E-state index in [4.69, 9.17) is 0 Å². The van der Waals surface area contributed by atoms with Crippen molar-refractivity contribution in [3.63, 3.8) is 0 Å². The average Bonchev–Trinajstić information content (AvgIpc) is 2.80. The third-order valence-corrected chi connectivity index (χ3v) is 3.62. The SMILES string of the molecule is Cn1cnc2cc(C(=O)N3CCCCC3)ccc21. The summed E-state index contributed by atoms with van der Waals surface area (Å²) in [6, 6.07) is 5.77. The van der Waals surface area contributed by atoms with Crippen LogP contribution in [0.4, 0.5) is 0 Å². The maximum atomic E-state index is 12.3. The first-order valence-electron chi connectivity index (χ1n) is 6.46. The number of aromatic nitrogens is 2. The number of fused-ring (bicyclic) bond motifs is 1. The number of hydrogen-bond acceptors (Lipinski definition) is 2. The zero-order valence-corrected chi connectivity index (χ0v) is 10.6. The van der Waals surface area contributed by atoms with Gasteiger partial charge in [0, 0.05) is 25.7 Å². The molecular weight excluding hydrogens is 226 g/mol. The molecule has 1 aliphatic rings. The lowest BCUT2D eigenvalue weighted by atomic mass is 10.1. The number of likely N-dealkylation sites (tertiary alicyclic amines) is 1. The van der Waals surface area contributed by atoms with E-state index in [9.17, 15) is 4.79 Å². The van der Waals surface area contributed by atoms with Crippen LogP contribution >= 0.6 is 0 Å². The number of nitrogens with zero attached hydrogens (tertiary/aromatic N) is 3. The van der Waals surface area contributed by atoms with Crippen molar-refractivity contribution in [2.45, 2.75) is 19.3 Å². The molecule has 4 nitrogen and oxygen atoms in total. The number of hydrogen-bond donors (Lipinski definition) is 0. The number of imidazole rings is 1. The molecule has 1 fully saturated rings. The van der Waals surface area contributed by atoms with Crippen molar-refractivity contribution in [3.8, 4) is 0 Å². The minimum atomic E-state index is 0.141. The van der Waals surface area contributed by atoms with Crippen LogP contribution in [0.25, 0.3) is 11.0 Å². The molecule has 4 heteroatoms. The van der Waals surface area contributed by atoms with Crippen molar-refractivity contribution < 1.29 is 4.79 Å². The Kier molecular flexibility index (Phi) is 2.78. The molecule has 0 N–H and O–H groups in total. The standard InChI is InChI=1S/C14H17N3O/c1-16-10-15-12-9-11(5-6-13(12)16)14(18)17-7-3-2-4-8-17/h5-6,9-10H,2-4,7-8H2,1H3. The Hall–Kier alpha value is -1.84. The number of benzene rings is 1. The molecule has 1 amide bonds. The molecule has 1 aromatic heterocycles. The summed E-state index contributed by atoms with van der Waals surface area (Å²) in [4.78, 5) is 18.6. The summed E-state index contributed by atoms with van der Waals surface area (Å²) in [5.74, 6) is 0.141. The second-order valence-corrected chi connectivity index (χ2v) is 4.91. The lowest BCUT2D eigenvalue weighted by Gasteiger charge is -2.26. The van der Waals surface area contributed by atoms with E-state index >= 15 is 0 Å². The number of aryl methyl sites for hydroxylation is 1. The van der Waals surface area contributed by atoms with E-state index in [1.807, 2.05) is 34.7 Å². The largest absolute Gasteiger partial charge is 0.339 e. The van der Waals surface area contributed by atoms with Crippen LogP contribution in [0.3, 0.4) is 0 Å². The first kappa shape index (κ1) is 11.3. The number of rotatable bonds is 1. The fraction of sp³-hybridized carbons (Fsp3) is 0.429. The molecule has 1 aliphatic heterocycles. The summed E-state index contributed by atoms with van der Waals surface area (Å²) in [6.07, 6.45) is 5.26. The predicted molar refractivity (Wildman–Crippen MR) is 70.5 cm³/mol. The number of carbonyl (C=O) groups excluding carboxylic acids is 1. The van der Waals surface area contributed by atoms with Gasteiger partial charge in [-0.15, -0.1) is 0 Å². The molecule has 0 bridgehead atoms. The Morgan fingerprint density at radius 2 is 2.00 bits per heavy atom. The highest BCUT2D eigenvalue weighted by Crippen LogP contribution is 2.17. The summed E-state index contributed by atoms with van der Waals surface area (Å²) >= 11 is 0. The highest BCUT2D eigenvalue weighted by Gasteiger charge is 2.18. The Morgan fingerprint density at radius 3 is 2.78 bits per heavy atom. The molecule has 2 aromatic rings. The molecule has 0 unspecified atom stereocenters. The quantitative estimate of drug-likeness (QED) is 0.770. The van der Waals surface area contributed by atoms with Crippen LogP contribution in [0.5, 0.6) is 0 Å². The summed E-state index contributed by atoms with van der Waals surface area (Å²) in [5, 5.41) is 0. The second kappa shape index (κ2) is 4.44. The monoisotopic (exact) mass is 243 g/mol. The van der Waals surface area contributed by atoms with Gasteiger partial charge in [-0.1, -0.05) is 0 Å². The molecule has 94 valence electrons. The Balaban J connectivity index is 1.91. The van der Waals surface area contributed by atoms with Crippen molar-refractivity contribution in [1.29, 1.82) is 0 Å². The van der Waals surface area contributed by atoms with E-state index in [0.29, 0.717) is 0 Å².